The highest BCUT2D eigenvalue weighted by Crippen LogP contribution is 2.09. The van der Waals surface area contributed by atoms with E-state index >= 15 is 0 Å². The van der Waals surface area contributed by atoms with Gasteiger partial charge in [0.25, 0.3) is 0 Å². The van der Waals surface area contributed by atoms with Crippen molar-refractivity contribution in [1.82, 2.24) is 0 Å². The smallest absolute Gasteiger partial charge is 0.206 e. The molecule has 0 aliphatic heterocycles. The highest BCUT2D eigenvalue weighted by Gasteiger charge is 2.18. The normalized spacial score (nSPS) is 12.2. The van der Waals surface area contributed by atoms with Crippen molar-refractivity contribution >= 4 is 17.8 Å². The summed E-state index contributed by atoms with van der Waals surface area (Å²) in [6.45, 7) is 3.34. The molecule has 3 nitrogen and oxygen atoms in total. The van der Waals surface area contributed by atoms with Crippen molar-refractivity contribution in [3.8, 4) is 0 Å². The van der Waals surface area contributed by atoms with Crippen molar-refractivity contribution in [2.24, 2.45) is 5.92 Å². The third kappa shape index (κ3) is 4.55. The second-order valence-corrected chi connectivity index (χ2v) is 3.19. The van der Waals surface area contributed by atoms with Crippen LogP contribution in [0.5, 0.6) is 0 Å². The first-order valence-corrected chi connectivity index (χ1v) is 4.68. The molecule has 0 aliphatic rings. The standard InChI is InChI=1S/C10H17NO2/c1-3-4-5-6-9(7-11)10(13)8(2)12/h7,9,11H,3-6H2,1-2H3/t9-/m1/s1. The summed E-state index contributed by atoms with van der Waals surface area (Å²) in [5.74, 6) is -1.35. The zero-order chi connectivity index (χ0) is 10.3. The van der Waals surface area contributed by atoms with E-state index in [0.717, 1.165) is 25.5 Å². The predicted molar refractivity (Wildman–Crippen MR) is 52.1 cm³/mol. The summed E-state index contributed by atoms with van der Waals surface area (Å²) in [6, 6.07) is 0. The minimum absolute atomic E-state index is 0.425. The molecular weight excluding hydrogens is 166 g/mol. The van der Waals surface area contributed by atoms with E-state index in [0.29, 0.717) is 6.42 Å². The topological polar surface area (TPSA) is 58.0 Å². The molecule has 0 fully saturated rings. The van der Waals surface area contributed by atoms with Crippen LogP contribution in [0.1, 0.15) is 39.5 Å². The van der Waals surface area contributed by atoms with Crippen molar-refractivity contribution in [3.63, 3.8) is 0 Å². The molecule has 0 aromatic carbocycles. The maximum Gasteiger partial charge on any atom is 0.206 e. The Bertz CT molecular complexity index is 199. The lowest BCUT2D eigenvalue weighted by Gasteiger charge is -2.06. The molecule has 1 N–H and O–H groups in total. The molecule has 0 aromatic heterocycles. The molecule has 0 aliphatic carbocycles. The van der Waals surface area contributed by atoms with Gasteiger partial charge in [-0.2, -0.15) is 0 Å². The number of rotatable bonds is 7. The molecule has 0 aromatic rings. The summed E-state index contributed by atoms with van der Waals surface area (Å²) in [7, 11) is 0. The van der Waals surface area contributed by atoms with Crippen LogP contribution in [0.25, 0.3) is 0 Å². The van der Waals surface area contributed by atoms with Gasteiger partial charge < -0.3 is 5.41 Å². The molecular formula is C10H17NO2. The van der Waals surface area contributed by atoms with Crippen LogP contribution < -0.4 is 0 Å². The fraction of sp³-hybridized carbons (Fsp3) is 0.700. The van der Waals surface area contributed by atoms with Crippen molar-refractivity contribution in [3.05, 3.63) is 0 Å². The summed E-state index contributed by atoms with van der Waals surface area (Å²) in [5, 5.41) is 7.02. The summed E-state index contributed by atoms with van der Waals surface area (Å²) < 4.78 is 0. The second kappa shape index (κ2) is 6.52. The minimum Gasteiger partial charge on any atom is -0.312 e. The first-order chi connectivity index (χ1) is 6.13. The monoisotopic (exact) mass is 183 g/mol. The third-order valence-corrected chi connectivity index (χ3v) is 2.00. The number of carbonyl (C=O) groups excluding carboxylic acids is 2. The van der Waals surface area contributed by atoms with E-state index in [1.807, 2.05) is 0 Å². The molecule has 1 atom stereocenters. The fourth-order valence-corrected chi connectivity index (χ4v) is 1.17. The van der Waals surface area contributed by atoms with E-state index in [-0.39, 0.29) is 0 Å². The number of hydrogen-bond donors (Lipinski definition) is 1. The van der Waals surface area contributed by atoms with Gasteiger partial charge in [0.05, 0.1) is 5.92 Å². The number of hydrogen-bond acceptors (Lipinski definition) is 3. The van der Waals surface area contributed by atoms with Crippen LogP contribution in [-0.2, 0) is 9.59 Å². The molecule has 74 valence electrons. The molecule has 0 rings (SSSR count). The third-order valence-electron chi connectivity index (χ3n) is 2.00. The van der Waals surface area contributed by atoms with Crippen LogP contribution in [0.3, 0.4) is 0 Å². The van der Waals surface area contributed by atoms with Gasteiger partial charge in [0.15, 0.2) is 5.78 Å². The molecule has 0 bridgehead atoms. The fourth-order valence-electron chi connectivity index (χ4n) is 1.17. The van der Waals surface area contributed by atoms with Gasteiger partial charge in [0, 0.05) is 13.1 Å². The second-order valence-electron chi connectivity index (χ2n) is 3.19. The zero-order valence-electron chi connectivity index (χ0n) is 8.30. The van der Waals surface area contributed by atoms with Crippen molar-refractivity contribution in [2.45, 2.75) is 39.5 Å². The molecule has 0 unspecified atom stereocenters. The number of nitrogens with one attached hydrogen (secondary N) is 1. The first kappa shape index (κ1) is 12.0. The van der Waals surface area contributed by atoms with Gasteiger partial charge in [-0.05, 0) is 6.42 Å². The Labute approximate surface area is 79.0 Å². The number of Topliss-reactive ketones (excluding diaryl/α,β-unsaturated/α-hetero) is 2. The Morgan fingerprint density at radius 2 is 2.00 bits per heavy atom. The van der Waals surface area contributed by atoms with E-state index in [1.54, 1.807) is 0 Å². The Morgan fingerprint density at radius 1 is 1.38 bits per heavy atom. The number of ketones is 2. The van der Waals surface area contributed by atoms with E-state index in [2.05, 4.69) is 6.92 Å². The summed E-state index contributed by atoms with van der Waals surface area (Å²) in [6.07, 6.45) is 4.76. The van der Waals surface area contributed by atoms with Crippen LogP contribution >= 0.6 is 0 Å². The Balaban J connectivity index is 3.95. The number of unbranched alkanes of at least 4 members (excludes halogenated alkanes) is 2. The van der Waals surface area contributed by atoms with Crippen LogP contribution in [0.2, 0.25) is 0 Å². The summed E-state index contributed by atoms with van der Waals surface area (Å²) >= 11 is 0. The largest absolute Gasteiger partial charge is 0.312 e. The first-order valence-electron chi connectivity index (χ1n) is 4.68. The van der Waals surface area contributed by atoms with E-state index < -0.39 is 17.5 Å². The maximum atomic E-state index is 11.2. The van der Waals surface area contributed by atoms with Crippen LogP contribution in [0.15, 0.2) is 0 Å². The van der Waals surface area contributed by atoms with Gasteiger partial charge in [0.1, 0.15) is 0 Å². The number of carbonyl (C=O) groups is 2. The molecule has 0 radical (unpaired) electrons. The SMILES string of the molecule is CCCCC[C@H](C=N)C(=O)C(C)=O. The Morgan fingerprint density at radius 3 is 2.38 bits per heavy atom. The van der Waals surface area contributed by atoms with Crippen molar-refractivity contribution in [1.29, 1.82) is 5.41 Å². The summed E-state index contributed by atoms with van der Waals surface area (Å²) in [4.78, 5) is 21.9. The minimum atomic E-state index is -0.482. The highest BCUT2D eigenvalue weighted by molar-refractivity contribution is 6.39. The summed E-state index contributed by atoms with van der Waals surface area (Å²) in [5.41, 5.74) is 0. The van der Waals surface area contributed by atoms with Gasteiger partial charge in [-0.3, -0.25) is 9.59 Å². The van der Waals surface area contributed by atoms with E-state index in [9.17, 15) is 9.59 Å². The average Bonchev–Trinajstić information content (AvgIpc) is 2.11. The van der Waals surface area contributed by atoms with Gasteiger partial charge >= 0.3 is 0 Å². The molecule has 0 amide bonds. The lowest BCUT2D eigenvalue weighted by atomic mass is 9.96. The molecule has 0 heterocycles. The molecule has 0 saturated heterocycles. The molecule has 0 saturated carbocycles. The van der Waals surface area contributed by atoms with Crippen molar-refractivity contribution in [2.75, 3.05) is 0 Å². The zero-order valence-corrected chi connectivity index (χ0v) is 8.30. The average molecular weight is 183 g/mol. The lowest BCUT2D eigenvalue weighted by molar-refractivity contribution is -0.136. The van der Waals surface area contributed by atoms with Crippen LogP contribution in [0.4, 0.5) is 0 Å². The molecule has 0 spiro atoms. The van der Waals surface area contributed by atoms with E-state index in [1.165, 1.54) is 6.92 Å². The molecule has 13 heavy (non-hydrogen) atoms. The quantitative estimate of drug-likeness (QED) is 0.373. The lowest BCUT2D eigenvalue weighted by Crippen LogP contribution is -2.22. The van der Waals surface area contributed by atoms with Crippen molar-refractivity contribution < 1.29 is 9.59 Å². The van der Waals surface area contributed by atoms with Crippen LogP contribution in [0, 0.1) is 11.3 Å². The maximum absolute atomic E-state index is 11.2. The van der Waals surface area contributed by atoms with Crippen LogP contribution in [-0.4, -0.2) is 17.8 Å². The Kier molecular flexibility index (Phi) is 6.02. The molecule has 3 heteroatoms. The highest BCUT2D eigenvalue weighted by atomic mass is 16.2. The Hall–Kier alpha value is -0.990. The van der Waals surface area contributed by atoms with Gasteiger partial charge in [-0.25, -0.2) is 0 Å². The predicted octanol–water partition coefficient (Wildman–Crippen LogP) is 1.99. The van der Waals surface area contributed by atoms with Gasteiger partial charge in [0.2, 0.25) is 5.78 Å². The van der Waals surface area contributed by atoms with Gasteiger partial charge in [-0.1, -0.05) is 26.2 Å². The van der Waals surface area contributed by atoms with Gasteiger partial charge in [-0.15, -0.1) is 0 Å². The van der Waals surface area contributed by atoms with E-state index in [4.69, 9.17) is 5.41 Å².